The second-order valence-electron chi connectivity index (χ2n) is 8.96. The van der Waals surface area contributed by atoms with Gasteiger partial charge in [-0.05, 0) is 18.3 Å². The van der Waals surface area contributed by atoms with Gasteiger partial charge in [0.2, 0.25) is 17.7 Å². The Labute approximate surface area is 210 Å². The molecule has 0 spiro atoms. The molecule has 0 aliphatic heterocycles. The molecule has 202 valence electrons. The van der Waals surface area contributed by atoms with E-state index in [1.54, 1.807) is 13.8 Å². The van der Waals surface area contributed by atoms with Gasteiger partial charge in [-0.3, -0.25) is 19.2 Å². The molecule has 8 N–H and O–H groups in total. The largest absolute Gasteiger partial charge is 0.481 e. The minimum absolute atomic E-state index is 0.0258. The molecule has 13 nitrogen and oxygen atoms in total. The number of carbonyl (C=O) groups excluding carboxylic acids is 3. The third-order valence-corrected chi connectivity index (χ3v) is 6.19. The number of hydrogen-bond acceptors (Lipinski definition) is 7. The summed E-state index contributed by atoms with van der Waals surface area (Å²) in [4.78, 5) is 67.9. The molecule has 0 aliphatic carbocycles. The Morgan fingerprint density at radius 2 is 1.47 bits per heavy atom. The van der Waals surface area contributed by atoms with E-state index < -0.39 is 53.8 Å². The van der Waals surface area contributed by atoms with Crippen molar-refractivity contribution < 1.29 is 34.2 Å². The number of nitrogens with two attached hydrogens (primary N) is 1. The van der Waals surface area contributed by atoms with Crippen LogP contribution in [0, 0.1) is 11.8 Å². The summed E-state index contributed by atoms with van der Waals surface area (Å²) >= 11 is 0. The summed E-state index contributed by atoms with van der Waals surface area (Å²) in [6.07, 6.45) is 3.47. The van der Waals surface area contributed by atoms with Crippen LogP contribution in [0.4, 0.5) is 0 Å². The van der Waals surface area contributed by atoms with E-state index in [0.717, 1.165) is 0 Å². The Bertz CT molecular complexity index is 892. The number of amides is 3. The number of aromatic amines is 1. The zero-order chi connectivity index (χ0) is 27.4. The first-order valence-corrected chi connectivity index (χ1v) is 12.0. The summed E-state index contributed by atoms with van der Waals surface area (Å²) in [5.74, 6) is -4.97. The van der Waals surface area contributed by atoms with Crippen LogP contribution in [0.2, 0.25) is 0 Å². The highest BCUT2D eigenvalue weighted by Gasteiger charge is 2.34. The van der Waals surface area contributed by atoms with E-state index >= 15 is 0 Å². The minimum atomic E-state index is -1.25. The average molecular weight is 511 g/mol. The van der Waals surface area contributed by atoms with Crippen LogP contribution in [0.3, 0.4) is 0 Å². The molecule has 3 amide bonds. The molecule has 0 bridgehead atoms. The van der Waals surface area contributed by atoms with Crippen LogP contribution in [-0.4, -0.2) is 74.0 Å². The summed E-state index contributed by atoms with van der Waals surface area (Å²) in [6.45, 7) is 7.14. The summed E-state index contributed by atoms with van der Waals surface area (Å²) in [5.41, 5.74) is 6.30. The van der Waals surface area contributed by atoms with Crippen LogP contribution in [0.1, 0.15) is 59.1 Å². The van der Waals surface area contributed by atoms with E-state index in [9.17, 15) is 29.1 Å². The van der Waals surface area contributed by atoms with Gasteiger partial charge in [0.05, 0.1) is 12.4 Å². The number of imidazole rings is 1. The lowest BCUT2D eigenvalue weighted by Gasteiger charge is -2.30. The fourth-order valence-electron chi connectivity index (χ4n) is 3.40. The number of aliphatic carboxylic acids is 2. The first-order valence-electron chi connectivity index (χ1n) is 12.0. The fraction of sp³-hybridized carbons (Fsp3) is 0.652. The van der Waals surface area contributed by atoms with Crippen molar-refractivity contribution >= 4 is 29.7 Å². The van der Waals surface area contributed by atoms with Gasteiger partial charge < -0.3 is 36.9 Å². The number of carbonyl (C=O) groups is 5. The number of carboxylic acids is 2. The molecule has 1 aromatic heterocycles. The monoisotopic (exact) mass is 510 g/mol. The maximum absolute atomic E-state index is 13.2. The normalized spacial score (nSPS) is 16.0. The Kier molecular flexibility index (Phi) is 12.6. The zero-order valence-corrected chi connectivity index (χ0v) is 21.1. The smallest absolute Gasteiger partial charge is 0.326 e. The fourth-order valence-corrected chi connectivity index (χ4v) is 3.40. The van der Waals surface area contributed by atoms with Crippen molar-refractivity contribution in [2.75, 3.05) is 0 Å². The molecule has 1 aromatic rings. The quantitative estimate of drug-likeness (QED) is 0.156. The van der Waals surface area contributed by atoms with E-state index in [2.05, 4.69) is 25.9 Å². The van der Waals surface area contributed by atoms with Crippen LogP contribution in [0.15, 0.2) is 12.5 Å². The van der Waals surface area contributed by atoms with Gasteiger partial charge in [0, 0.05) is 24.7 Å². The third kappa shape index (κ3) is 9.64. The van der Waals surface area contributed by atoms with Crippen LogP contribution >= 0.6 is 0 Å². The molecule has 36 heavy (non-hydrogen) atoms. The minimum Gasteiger partial charge on any atom is -0.481 e. The van der Waals surface area contributed by atoms with E-state index in [4.69, 9.17) is 10.8 Å². The first kappa shape index (κ1) is 30.6. The Morgan fingerprint density at radius 3 is 1.92 bits per heavy atom. The highest BCUT2D eigenvalue weighted by Crippen LogP contribution is 2.13. The Balaban J connectivity index is 3.00. The lowest BCUT2D eigenvalue weighted by atomic mass is 9.94. The predicted octanol–water partition coefficient (Wildman–Crippen LogP) is -0.224. The molecule has 1 rings (SSSR count). The molecular weight excluding hydrogens is 472 g/mol. The SMILES string of the molecule is CCC(C)C(NC(=O)C(N)CCC(=O)O)C(=O)NC(C(=O)NC(Cc1cnc[nH]1)C(=O)O)C(C)CC. The van der Waals surface area contributed by atoms with Gasteiger partial charge in [0.1, 0.15) is 18.1 Å². The van der Waals surface area contributed by atoms with Gasteiger partial charge in [-0.15, -0.1) is 0 Å². The third-order valence-electron chi connectivity index (χ3n) is 6.19. The number of nitrogens with zero attached hydrogens (tertiary/aromatic N) is 1. The van der Waals surface area contributed by atoms with Crippen LogP contribution in [0.5, 0.6) is 0 Å². The van der Waals surface area contributed by atoms with Crippen molar-refractivity contribution in [2.45, 2.75) is 84.0 Å². The molecule has 0 radical (unpaired) electrons. The van der Waals surface area contributed by atoms with E-state index in [1.165, 1.54) is 12.5 Å². The van der Waals surface area contributed by atoms with E-state index in [0.29, 0.717) is 18.5 Å². The van der Waals surface area contributed by atoms with Crippen LogP contribution in [-0.2, 0) is 30.4 Å². The summed E-state index contributed by atoms with van der Waals surface area (Å²) < 4.78 is 0. The van der Waals surface area contributed by atoms with E-state index in [1.807, 2.05) is 13.8 Å². The highest BCUT2D eigenvalue weighted by molar-refractivity contribution is 5.94. The number of rotatable bonds is 16. The summed E-state index contributed by atoms with van der Waals surface area (Å²) in [6, 6.07) is -4.46. The molecule has 0 aromatic carbocycles. The number of carboxylic acid groups (broad SMARTS) is 2. The standard InChI is InChI=1S/C23H38N6O7/c1-5-12(3)18(21(33)27-16(23(35)36)9-14-10-25-11-26-14)29-22(34)19(13(4)6-2)28-20(32)15(24)7-8-17(30)31/h10-13,15-16,18-19H,5-9,24H2,1-4H3,(H,25,26)(H,27,33)(H,28,32)(H,29,34)(H,30,31)(H,35,36). The maximum Gasteiger partial charge on any atom is 0.326 e. The molecule has 0 saturated carbocycles. The average Bonchev–Trinajstić information content (AvgIpc) is 3.35. The second kappa shape index (κ2) is 14.8. The van der Waals surface area contributed by atoms with Gasteiger partial charge in [-0.25, -0.2) is 9.78 Å². The van der Waals surface area contributed by atoms with Crippen LogP contribution in [0.25, 0.3) is 0 Å². The predicted molar refractivity (Wildman–Crippen MR) is 129 cm³/mol. The number of hydrogen-bond donors (Lipinski definition) is 7. The van der Waals surface area contributed by atoms with Crippen molar-refractivity contribution in [1.82, 2.24) is 25.9 Å². The zero-order valence-electron chi connectivity index (χ0n) is 21.1. The molecule has 0 aliphatic rings. The molecule has 13 heteroatoms. The van der Waals surface area contributed by atoms with E-state index in [-0.39, 0.29) is 31.1 Å². The van der Waals surface area contributed by atoms with Gasteiger partial charge >= 0.3 is 11.9 Å². The van der Waals surface area contributed by atoms with Crippen molar-refractivity contribution in [2.24, 2.45) is 17.6 Å². The van der Waals surface area contributed by atoms with Gasteiger partial charge in [-0.1, -0.05) is 40.5 Å². The summed E-state index contributed by atoms with van der Waals surface area (Å²) in [7, 11) is 0. The maximum atomic E-state index is 13.2. The van der Waals surface area contributed by atoms with Crippen molar-refractivity contribution in [3.63, 3.8) is 0 Å². The number of nitrogens with one attached hydrogen (secondary N) is 4. The van der Waals surface area contributed by atoms with Crippen LogP contribution < -0.4 is 21.7 Å². The lowest BCUT2D eigenvalue weighted by Crippen LogP contribution is -2.60. The number of aromatic nitrogens is 2. The first-order chi connectivity index (χ1) is 16.9. The summed E-state index contributed by atoms with van der Waals surface area (Å²) in [5, 5.41) is 26.1. The molecule has 6 unspecified atom stereocenters. The Morgan fingerprint density at radius 1 is 0.944 bits per heavy atom. The number of H-pyrrole nitrogens is 1. The highest BCUT2D eigenvalue weighted by atomic mass is 16.4. The van der Waals surface area contributed by atoms with Gasteiger partial charge in [-0.2, -0.15) is 0 Å². The van der Waals surface area contributed by atoms with Crippen molar-refractivity contribution in [3.05, 3.63) is 18.2 Å². The molecule has 6 atom stereocenters. The topological polar surface area (TPSA) is 217 Å². The van der Waals surface area contributed by atoms with Crippen molar-refractivity contribution in [3.8, 4) is 0 Å². The van der Waals surface area contributed by atoms with Crippen molar-refractivity contribution in [1.29, 1.82) is 0 Å². The molecule has 1 heterocycles. The van der Waals surface area contributed by atoms with Gasteiger partial charge in [0.25, 0.3) is 0 Å². The second-order valence-corrected chi connectivity index (χ2v) is 8.96. The molecular formula is C23H38N6O7. The molecule has 0 saturated heterocycles. The lowest BCUT2D eigenvalue weighted by molar-refractivity contribution is -0.142. The Hall–Kier alpha value is -3.48. The van der Waals surface area contributed by atoms with Gasteiger partial charge in [0.15, 0.2) is 0 Å². The molecule has 0 fully saturated rings.